The molecular formula is C21H21N3O3S. The number of hydrogen-bond acceptors (Lipinski definition) is 5. The van der Waals surface area contributed by atoms with Crippen LogP contribution in [0.3, 0.4) is 0 Å². The average Bonchev–Trinajstić information content (AvgIpc) is 3.45. The quantitative estimate of drug-likeness (QED) is 0.677. The Morgan fingerprint density at radius 1 is 1.04 bits per heavy atom. The van der Waals surface area contributed by atoms with Crippen LogP contribution in [-0.2, 0) is 6.42 Å². The third kappa shape index (κ3) is 3.71. The van der Waals surface area contributed by atoms with Crippen molar-refractivity contribution in [2.75, 3.05) is 26.2 Å². The molecule has 0 unspecified atom stereocenters. The van der Waals surface area contributed by atoms with Gasteiger partial charge in [-0.2, -0.15) is 0 Å². The maximum atomic E-state index is 12.8. The first kappa shape index (κ1) is 18.4. The van der Waals surface area contributed by atoms with Crippen LogP contribution >= 0.6 is 11.3 Å². The standard InChI is InChI=1S/C21H21N3O3S/c1-2-19-22-17(14-28-19)15-5-7-16(8-6-15)20(25)23-9-11-24(12-10-23)21(26)18-4-3-13-27-18/h3-8,13-14H,2,9-12H2,1H3. The number of carbonyl (C=O) groups is 2. The maximum Gasteiger partial charge on any atom is 0.289 e. The largest absolute Gasteiger partial charge is 0.459 e. The summed E-state index contributed by atoms with van der Waals surface area (Å²) in [5.74, 6) is 0.198. The van der Waals surface area contributed by atoms with Crippen molar-refractivity contribution in [3.05, 3.63) is 64.4 Å². The Labute approximate surface area is 167 Å². The number of aromatic nitrogens is 1. The first-order chi connectivity index (χ1) is 13.7. The van der Waals surface area contributed by atoms with Gasteiger partial charge in [0.05, 0.1) is 17.0 Å². The van der Waals surface area contributed by atoms with Gasteiger partial charge in [0.15, 0.2) is 5.76 Å². The number of piperazine rings is 1. The van der Waals surface area contributed by atoms with Crippen LogP contribution in [-0.4, -0.2) is 52.8 Å². The zero-order valence-corrected chi connectivity index (χ0v) is 16.4. The summed E-state index contributed by atoms with van der Waals surface area (Å²) in [7, 11) is 0. The first-order valence-corrected chi connectivity index (χ1v) is 10.2. The van der Waals surface area contributed by atoms with Crippen LogP contribution in [0.1, 0.15) is 32.8 Å². The molecule has 1 fully saturated rings. The SMILES string of the molecule is CCc1nc(-c2ccc(C(=O)N3CCN(C(=O)c4ccco4)CC3)cc2)cs1. The third-order valence-electron chi connectivity index (χ3n) is 4.87. The van der Waals surface area contributed by atoms with Crippen molar-refractivity contribution in [1.29, 1.82) is 0 Å². The van der Waals surface area contributed by atoms with E-state index >= 15 is 0 Å². The van der Waals surface area contributed by atoms with Crippen molar-refractivity contribution in [1.82, 2.24) is 14.8 Å². The summed E-state index contributed by atoms with van der Waals surface area (Å²) in [6.45, 7) is 4.12. The monoisotopic (exact) mass is 395 g/mol. The molecule has 144 valence electrons. The van der Waals surface area contributed by atoms with Crippen LogP contribution < -0.4 is 0 Å². The highest BCUT2D eigenvalue weighted by molar-refractivity contribution is 7.09. The van der Waals surface area contributed by atoms with E-state index in [2.05, 4.69) is 11.9 Å². The van der Waals surface area contributed by atoms with Gasteiger partial charge < -0.3 is 14.2 Å². The highest BCUT2D eigenvalue weighted by Crippen LogP contribution is 2.23. The fourth-order valence-corrected chi connectivity index (χ4v) is 3.99. The van der Waals surface area contributed by atoms with Gasteiger partial charge in [-0.25, -0.2) is 4.98 Å². The third-order valence-corrected chi connectivity index (χ3v) is 5.86. The van der Waals surface area contributed by atoms with E-state index in [1.54, 1.807) is 33.3 Å². The van der Waals surface area contributed by atoms with Crippen LogP contribution in [0.4, 0.5) is 0 Å². The predicted octanol–water partition coefficient (Wildman–Crippen LogP) is 3.56. The molecular weight excluding hydrogens is 374 g/mol. The number of hydrogen-bond donors (Lipinski definition) is 0. The van der Waals surface area contributed by atoms with E-state index in [4.69, 9.17) is 4.42 Å². The van der Waals surface area contributed by atoms with Crippen molar-refractivity contribution in [2.45, 2.75) is 13.3 Å². The summed E-state index contributed by atoms with van der Waals surface area (Å²) in [6.07, 6.45) is 2.42. The van der Waals surface area contributed by atoms with Crippen LogP contribution in [0.5, 0.6) is 0 Å². The lowest BCUT2D eigenvalue weighted by molar-refractivity contribution is 0.0518. The van der Waals surface area contributed by atoms with E-state index in [9.17, 15) is 9.59 Å². The van der Waals surface area contributed by atoms with Gasteiger partial charge >= 0.3 is 0 Å². The highest BCUT2D eigenvalue weighted by Gasteiger charge is 2.26. The summed E-state index contributed by atoms with van der Waals surface area (Å²) >= 11 is 1.65. The Kier molecular flexibility index (Phi) is 5.25. The molecule has 0 radical (unpaired) electrons. The minimum Gasteiger partial charge on any atom is -0.459 e. The van der Waals surface area contributed by atoms with E-state index < -0.39 is 0 Å². The Hall–Kier alpha value is -2.93. The molecule has 1 saturated heterocycles. The number of benzene rings is 1. The van der Waals surface area contributed by atoms with Gasteiger partial charge in [0, 0.05) is 42.7 Å². The van der Waals surface area contributed by atoms with Crippen molar-refractivity contribution in [2.24, 2.45) is 0 Å². The number of nitrogens with zero attached hydrogens (tertiary/aromatic N) is 3. The number of carbonyl (C=O) groups excluding carboxylic acids is 2. The molecule has 6 nitrogen and oxygen atoms in total. The molecule has 0 bridgehead atoms. The Balaban J connectivity index is 1.38. The lowest BCUT2D eigenvalue weighted by atomic mass is 10.1. The molecule has 2 aromatic heterocycles. The van der Waals surface area contributed by atoms with Crippen molar-refractivity contribution < 1.29 is 14.0 Å². The molecule has 0 saturated carbocycles. The van der Waals surface area contributed by atoms with E-state index in [1.165, 1.54) is 6.26 Å². The van der Waals surface area contributed by atoms with Gasteiger partial charge in [0.1, 0.15) is 0 Å². The van der Waals surface area contributed by atoms with Crippen LogP contribution in [0.25, 0.3) is 11.3 Å². The molecule has 0 N–H and O–H groups in total. The average molecular weight is 395 g/mol. The van der Waals surface area contributed by atoms with E-state index in [0.717, 1.165) is 22.7 Å². The summed E-state index contributed by atoms with van der Waals surface area (Å²) in [5, 5.41) is 3.15. The van der Waals surface area contributed by atoms with Crippen molar-refractivity contribution in [3.8, 4) is 11.3 Å². The lowest BCUT2D eigenvalue weighted by Gasteiger charge is -2.34. The van der Waals surface area contributed by atoms with Crippen molar-refractivity contribution in [3.63, 3.8) is 0 Å². The second kappa shape index (κ2) is 7.98. The predicted molar refractivity (Wildman–Crippen MR) is 107 cm³/mol. The molecule has 7 heteroatoms. The molecule has 2 amide bonds. The molecule has 1 aliphatic heterocycles. The Morgan fingerprint density at radius 3 is 2.29 bits per heavy atom. The fourth-order valence-electron chi connectivity index (χ4n) is 3.24. The molecule has 28 heavy (non-hydrogen) atoms. The molecule has 3 heterocycles. The molecule has 1 aromatic carbocycles. The van der Waals surface area contributed by atoms with Crippen LogP contribution in [0.2, 0.25) is 0 Å². The van der Waals surface area contributed by atoms with Gasteiger partial charge in [-0.05, 0) is 30.7 Å². The van der Waals surface area contributed by atoms with Gasteiger partial charge in [0.25, 0.3) is 11.8 Å². The van der Waals surface area contributed by atoms with Crippen LogP contribution in [0.15, 0.2) is 52.5 Å². The number of amides is 2. The second-order valence-electron chi connectivity index (χ2n) is 6.62. The molecule has 1 aliphatic rings. The molecule has 0 atom stereocenters. The summed E-state index contributed by atoms with van der Waals surface area (Å²) in [6, 6.07) is 10.9. The number of rotatable bonds is 4. The van der Waals surface area contributed by atoms with Gasteiger partial charge in [-0.3, -0.25) is 9.59 Å². The van der Waals surface area contributed by atoms with E-state index in [0.29, 0.717) is 37.5 Å². The number of aryl methyl sites for hydroxylation is 1. The number of thiazole rings is 1. The topological polar surface area (TPSA) is 66.7 Å². The van der Waals surface area contributed by atoms with Gasteiger partial charge in [0.2, 0.25) is 0 Å². The zero-order valence-electron chi connectivity index (χ0n) is 15.6. The Morgan fingerprint density at radius 2 is 1.71 bits per heavy atom. The highest BCUT2D eigenvalue weighted by atomic mass is 32.1. The molecule has 0 spiro atoms. The van der Waals surface area contributed by atoms with E-state index in [-0.39, 0.29) is 11.8 Å². The van der Waals surface area contributed by atoms with Crippen LogP contribution in [0, 0.1) is 0 Å². The van der Waals surface area contributed by atoms with E-state index in [1.807, 2.05) is 29.6 Å². The van der Waals surface area contributed by atoms with Crippen molar-refractivity contribution >= 4 is 23.2 Å². The zero-order chi connectivity index (χ0) is 19.5. The van der Waals surface area contributed by atoms with Gasteiger partial charge in [-0.15, -0.1) is 11.3 Å². The first-order valence-electron chi connectivity index (χ1n) is 9.32. The normalized spacial score (nSPS) is 14.3. The maximum absolute atomic E-state index is 12.8. The summed E-state index contributed by atoms with van der Waals surface area (Å²) in [4.78, 5) is 33.2. The molecule has 4 rings (SSSR count). The molecule has 3 aromatic rings. The fraction of sp³-hybridized carbons (Fsp3) is 0.286. The number of furan rings is 1. The minimum absolute atomic E-state index is 0.0100. The minimum atomic E-state index is -0.129. The summed E-state index contributed by atoms with van der Waals surface area (Å²) < 4.78 is 5.17. The summed E-state index contributed by atoms with van der Waals surface area (Å²) in [5.41, 5.74) is 2.62. The Bertz CT molecular complexity index is 955. The second-order valence-corrected chi connectivity index (χ2v) is 7.56. The smallest absolute Gasteiger partial charge is 0.289 e. The van der Waals surface area contributed by atoms with Gasteiger partial charge in [-0.1, -0.05) is 19.1 Å². The molecule has 0 aliphatic carbocycles. The lowest BCUT2D eigenvalue weighted by Crippen LogP contribution is -2.50.